The summed E-state index contributed by atoms with van der Waals surface area (Å²) >= 11 is 5.93. The Kier molecular flexibility index (Phi) is 5.83. The van der Waals surface area contributed by atoms with Gasteiger partial charge in [-0.3, -0.25) is 4.79 Å². The quantitative estimate of drug-likeness (QED) is 0.788. The van der Waals surface area contributed by atoms with Crippen molar-refractivity contribution in [3.63, 3.8) is 0 Å². The van der Waals surface area contributed by atoms with Gasteiger partial charge in [0, 0.05) is 5.69 Å². The van der Waals surface area contributed by atoms with Gasteiger partial charge in [0.2, 0.25) is 5.91 Å². The van der Waals surface area contributed by atoms with Crippen LogP contribution in [0.3, 0.4) is 0 Å². The fourth-order valence-electron chi connectivity index (χ4n) is 1.55. The first-order valence-electron chi connectivity index (χ1n) is 6.35. The minimum absolute atomic E-state index is 0.00750. The molecular weight excluding hydrogens is 300 g/mol. The van der Waals surface area contributed by atoms with Crippen molar-refractivity contribution in [3.8, 4) is 0 Å². The highest BCUT2D eigenvalue weighted by Gasteiger charge is 2.27. The van der Waals surface area contributed by atoms with Crippen molar-refractivity contribution in [2.24, 2.45) is 0 Å². The summed E-state index contributed by atoms with van der Waals surface area (Å²) in [5.74, 6) is -0.583. The van der Waals surface area contributed by atoms with Crippen LogP contribution in [0.25, 0.3) is 0 Å². The molecule has 0 saturated carbocycles. The second-order valence-electron chi connectivity index (χ2n) is 4.59. The van der Waals surface area contributed by atoms with Crippen LogP contribution in [0.4, 0.5) is 11.4 Å². The third-order valence-electron chi connectivity index (χ3n) is 2.94. The molecule has 3 N–H and O–H groups in total. The predicted octanol–water partition coefficient (Wildman–Crippen LogP) is 2.46. The molecule has 0 heterocycles. The number of benzene rings is 1. The number of amides is 1. The van der Waals surface area contributed by atoms with E-state index in [1.807, 2.05) is 6.92 Å². The van der Waals surface area contributed by atoms with Crippen LogP contribution in [-0.2, 0) is 14.6 Å². The molecule has 0 radical (unpaired) electrons. The van der Waals surface area contributed by atoms with E-state index in [1.165, 1.54) is 13.0 Å². The van der Waals surface area contributed by atoms with E-state index in [1.54, 1.807) is 12.1 Å². The molecule has 0 saturated heterocycles. The predicted molar refractivity (Wildman–Crippen MR) is 82.7 cm³/mol. The molecule has 0 aliphatic carbocycles. The largest absolute Gasteiger partial charge is 0.399 e. The van der Waals surface area contributed by atoms with Crippen molar-refractivity contribution in [2.45, 2.75) is 31.9 Å². The summed E-state index contributed by atoms with van der Waals surface area (Å²) in [7, 11) is -3.44. The van der Waals surface area contributed by atoms with E-state index < -0.39 is 21.0 Å². The van der Waals surface area contributed by atoms with Gasteiger partial charge in [0.1, 0.15) is 5.25 Å². The molecule has 1 amide bonds. The monoisotopic (exact) mass is 318 g/mol. The number of halogens is 1. The minimum Gasteiger partial charge on any atom is -0.399 e. The van der Waals surface area contributed by atoms with Gasteiger partial charge in [-0.1, -0.05) is 24.9 Å². The Hall–Kier alpha value is -1.27. The third kappa shape index (κ3) is 4.38. The molecule has 0 aromatic heterocycles. The van der Waals surface area contributed by atoms with Crippen molar-refractivity contribution < 1.29 is 13.2 Å². The van der Waals surface area contributed by atoms with Crippen molar-refractivity contribution in [1.29, 1.82) is 0 Å². The van der Waals surface area contributed by atoms with Gasteiger partial charge < -0.3 is 11.1 Å². The highest BCUT2D eigenvalue weighted by atomic mass is 35.5. The summed E-state index contributed by atoms with van der Waals surface area (Å²) in [5, 5.41) is 1.68. The molecule has 1 aromatic rings. The van der Waals surface area contributed by atoms with E-state index in [0.717, 1.165) is 6.42 Å². The van der Waals surface area contributed by atoms with Gasteiger partial charge in [-0.2, -0.15) is 0 Å². The van der Waals surface area contributed by atoms with Crippen LogP contribution >= 0.6 is 11.6 Å². The van der Waals surface area contributed by atoms with Crippen LogP contribution in [0.2, 0.25) is 5.02 Å². The lowest BCUT2D eigenvalue weighted by Gasteiger charge is -2.14. The van der Waals surface area contributed by atoms with E-state index in [-0.39, 0.29) is 10.8 Å². The second-order valence-corrected chi connectivity index (χ2v) is 7.44. The van der Waals surface area contributed by atoms with Gasteiger partial charge in [0.15, 0.2) is 9.84 Å². The summed E-state index contributed by atoms with van der Waals surface area (Å²) in [6, 6.07) is 4.62. The molecule has 112 valence electrons. The Morgan fingerprint density at radius 1 is 1.45 bits per heavy atom. The van der Waals surface area contributed by atoms with E-state index in [2.05, 4.69) is 5.32 Å². The fourth-order valence-corrected chi connectivity index (χ4v) is 3.22. The first kappa shape index (κ1) is 16.8. The second kappa shape index (κ2) is 6.95. The lowest BCUT2D eigenvalue weighted by Crippen LogP contribution is -2.34. The maximum absolute atomic E-state index is 12.0. The Balaban J connectivity index is 2.80. The number of nitrogens with two attached hydrogens (primary N) is 1. The average Bonchev–Trinajstić information content (AvgIpc) is 2.38. The van der Waals surface area contributed by atoms with E-state index >= 15 is 0 Å². The lowest BCUT2D eigenvalue weighted by molar-refractivity contribution is -0.115. The van der Waals surface area contributed by atoms with Crippen LogP contribution in [0.15, 0.2) is 18.2 Å². The van der Waals surface area contributed by atoms with Gasteiger partial charge in [-0.15, -0.1) is 0 Å². The van der Waals surface area contributed by atoms with Crippen LogP contribution in [0.5, 0.6) is 0 Å². The zero-order valence-electron chi connectivity index (χ0n) is 11.5. The molecule has 0 spiro atoms. The number of rotatable bonds is 6. The molecule has 1 atom stereocenters. The van der Waals surface area contributed by atoms with Crippen LogP contribution < -0.4 is 11.1 Å². The Bertz CT molecular complexity index is 587. The molecule has 1 aromatic carbocycles. The average molecular weight is 319 g/mol. The maximum Gasteiger partial charge on any atom is 0.242 e. The molecule has 5 nitrogen and oxygen atoms in total. The van der Waals surface area contributed by atoms with Crippen LogP contribution in [0, 0.1) is 0 Å². The summed E-state index contributed by atoms with van der Waals surface area (Å²) in [6.45, 7) is 3.28. The van der Waals surface area contributed by atoms with Crippen molar-refractivity contribution in [2.75, 3.05) is 16.8 Å². The standard InChI is InChI=1S/C13H19ClN2O3S/c1-3-4-7-20(18,19)9(2)13(17)16-12-6-5-10(15)8-11(12)14/h5-6,8-9H,3-4,7,15H2,1-2H3,(H,16,17). The zero-order chi connectivity index (χ0) is 15.3. The highest BCUT2D eigenvalue weighted by Crippen LogP contribution is 2.24. The summed E-state index contributed by atoms with van der Waals surface area (Å²) in [5.41, 5.74) is 6.37. The number of carbonyl (C=O) groups excluding carboxylic acids is 1. The number of hydrogen-bond acceptors (Lipinski definition) is 4. The highest BCUT2D eigenvalue weighted by molar-refractivity contribution is 7.92. The first-order valence-corrected chi connectivity index (χ1v) is 8.44. The SMILES string of the molecule is CCCCS(=O)(=O)C(C)C(=O)Nc1ccc(N)cc1Cl. The van der Waals surface area contributed by atoms with Gasteiger partial charge in [-0.05, 0) is 31.5 Å². The lowest BCUT2D eigenvalue weighted by atomic mass is 10.2. The topological polar surface area (TPSA) is 89.3 Å². The molecule has 7 heteroatoms. The van der Waals surface area contributed by atoms with Gasteiger partial charge in [0.25, 0.3) is 0 Å². The molecule has 20 heavy (non-hydrogen) atoms. The Labute approximate surface area is 124 Å². The summed E-state index contributed by atoms with van der Waals surface area (Å²) < 4.78 is 23.9. The molecular formula is C13H19ClN2O3S. The molecule has 0 bridgehead atoms. The molecule has 0 fully saturated rings. The number of carbonyl (C=O) groups is 1. The van der Waals surface area contributed by atoms with Crippen molar-refractivity contribution in [1.82, 2.24) is 0 Å². The fraction of sp³-hybridized carbons (Fsp3) is 0.462. The van der Waals surface area contributed by atoms with E-state index in [4.69, 9.17) is 17.3 Å². The summed E-state index contributed by atoms with van der Waals surface area (Å²) in [4.78, 5) is 12.0. The number of hydrogen-bond donors (Lipinski definition) is 2. The van der Waals surface area contributed by atoms with Crippen LogP contribution in [-0.4, -0.2) is 25.3 Å². The first-order chi connectivity index (χ1) is 9.27. The number of nitrogen functional groups attached to an aromatic ring is 1. The van der Waals surface area contributed by atoms with Gasteiger partial charge in [-0.25, -0.2) is 8.42 Å². The smallest absolute Gasteiger partial charge is 0.242 e. The summed E-state index contributed by atoms with van der Waals surface area (Å²) in [6.07, 6.45) is 1.31. The number of nitrogens with one attached hydrogen (secondary N) is 1. The molecule has 1 rings (SSSR count). The van der Waals surface area contributed by atoms with Crippen molar-refractivity contribution >= 4 is 38.7 Å². The normalized spacial score (nSPS) is 12.9. The number of anilines is 2. The maximum atomic E-state index is 12.0. The Morgan fingerprint density at radius 2 is 2.10 bits per heavy atom. The molecule has 1 unspecified atom stereocenters. The number of unbranched alkanes of at least 4 members (excludes halogenated alkanes) is 1. The van der Waals surface area contributed by atoms with Crippen LogP contribution in [0.1, 0.15) is 26.7 Å². The molecule has 0 aliphatic rings. The van der Waals surface area contributed by atoms with E-state index in [0.29, 0.717) is 17.8 Å². The van der Waals surface area contributed by atoms with Gasteiger partial charge in [0.05, 0.1) is 16.5 Å². The van der Waals surface area contributed by atoms with Crippen molar-refractivity contribution in [3.05, 3.63) is 23.2 Å². The Morgan fingerprint density at radius 3 is 2.65 bits per heavy atom. The third-order valence-corrected chi connectivity index (χ3v) is 5.40. The number of sulfone groups is 1. The zero-order valence-corrected chi connectivity index (χ0v) is 13.1. The molecule has 0 aliphatic heterocycles. The van der Waals surface area contributed by atoms with E-state index in [9.17, 15) is 13.2 Å². The van der Waals surface area contributed by atoms with Gasteiger partial charge >= 0.3 is 0 Å². The minimum atomic E-state index is -3.44.